The summed E-state index contributed by atoms with van der Waals surface area (Å²) in [7, 11) is -3.48. The third-order valence-corrected chi connectivity index (χ3v) is 5.35. The van der Waals surface area contributed by atoms with Gasteiger partial charge in [-0.15, -0.1) is 11.3 Å². The topological polar surface area (TPSA) is 83.5 Å². The molecule has 0 bridgehead atoms. The van der Waals surface area contributed by atoms with Crippen LogP contribution < -0.4 is 4.72 Å². The minimum absolute atomic E-state index is 0.0367. The van der Waals surface area contributed by atoms with E-state index in [0.717, 1.165) is 10.4 Å². The van der Waals surface area contributed by atoms with Crippen molar-refractivity contribution in [2.45, 2.75) is 30.9 Å². The van der Waals surface area contributed by atoms with Crippen molar-refractivity contribution in [3.05, 3.63) is 16.5 Å². The number of hydrogen-bond acceptors (Lipinski definition) is 4. The standard InChI is InChI=1S/C10H15NO4S2/c1-7-6-10(16-8(7)2)17(14,15)11-5-3-4-9(12)13/h6,11H,3-5H2,1-2H3,(H,12,13). The summed E-state index contributed by atoms with van der Waals surface area (Å²) in [5.41, 5.74) is 0.945. The second kappa shape index (κ2) is 5.61. The van der Waals surface area contributed by atoms with Gasteiger partial charge in [-0.3, -0.25) is 4.79 Å². The van der Waals surface area contributed by atoms with Crippen LogP contribution in [0.5, 0.6) is 0 Å². The van der Waals surface area contributed by atoms with Crippen LogP contribution in [0.1, 0.15) is 23.3 Å². The highest BCUT2D eigenvalue weighted by atomic mass is 32.2. The zero-order valence-electron chi connectivity index (χ0n) is 9.69. The van der Waals surface area contributed by atoms with Gasteiger partial charge in [-0.2, -0.15) is 0 Å². The lowest BCUT2D eigenvalue weighted by Crippen LogP contribution is -2.24. The van der Waals surface area contributed by atoms with Crippen LogP contribution >= 0.6 is 11.3 Å². The van der Waals surface area contributed by atoms with Crippen molar-refractivity contribution in [1.82, 2.24) is 4.72 Å². The van der Waals surface area contributed by atoms with Crippen LogP contribution in [0.4, 0.5) is 0 Å². The quantitative estimate of drug-likeness (QED) is 0.772. The number of thiophene rings is 1. The van der Waals surface area contributed by atoms with Crippen LogP contribution in [0.2, 0.25) is 0 Å². The van der Waals surface area contributed by atoms with Gasteiger partial charge in [0, 0.05) is 17.8 Å². The number of sulfonamides is 1. The summed E-state index contributed by atoms with van der Waals surface area (Å²) in [6, 6.07) is 1.62. The zero-order valence-corrected chi connectivity index (χ0v) is 11.3. The van der Waals surface area contributed by atoms with E-state index < -0.39 is 16.0 Å². The van der Waals surface area contributed by atoms with E-state index in [0.29, 0.717) is 0 Å². The van der Waals surface area contributed by atoms with E-state index in [2.05, 4.69) is 4.72 Å². The minimum atomic E-state index is -3.48. The van der Waals surface area contributed by atoms with Crippen LogP contribution in [0, 0.1) is 13.8 Å². The van der Waals surface area contributed by atoms with Crippen LogP contribution in [0.3, 0.4) is 0 Å². The summed E-state index contributed by atoms with van der Waals surface area (Å²) < 4.78 is 26.3. The molecule has 0 aliphatic rings. The molecule has 0 fully saturated rings. The molecule has 0 aliphatic heterocycles. The summed E-state index contributed by atoms with van der Waals surface area (Å²) in [4.78, 5) is 11.2. The van der Waals surface area contributed by atoms with E-state index in [1.807, 2.05) is 13.8 Å². The van der Waals surface area contributed by atoms with E-state index >= 15 is 0 Å². The van der Waals surface area contributed by atoms with Crippen LogP contribution in [-0.4, -0.2) is 26.0 Å². The molecule has 1 aromatic rings. The largest absolute Gasteiger partial charge is 0.481 e. The van der Waals surface area contributed by atoms with Crippen molar-refractivity contribution in [3.8, 4) is 0 Å². The molecule has 5 nitrogen and oxygen atoms in total. The molecule has 1 aromatic heterocycles. The van der Waals surface area contributed by atoms with Gasteiger partial charge in [0.15, 0.2) is 0 Å². The highest BCUT2D eigenvalue weighted by Crippen LogP contribution is 2.24. The van der Waals surface area contributed by atoms with Gasteiger partial charge in [-0.05, 0) is 31.9 Å². The minimum Gasteiger partial charge on any atom is -0.481 e. The molecule has 0 saturated heterocycles. The average Bonchev–Trinajstić information content (AvgIpc) is 2.55. The first-order valence-electron chi connectivity index (χ1n) is 5.11. The summed E-state index contributed by atoms with van der Waals surface area (Å²) in [5.74, 6) is -0.924. The van der Waals surface area contributed by atoms with E-state index in [4.69, 9.17) is 5.11 Å². The SMILES string of the molecule is Cc1cc(S(=O)(=O)NCCCC(=O)O)sc1C. The van der Waals surface area contributed by atoms with Crippen molar-refractivity contribution in [2.75, 3.05) is 6.54 Å². The second-order valence-electron chi connectivity index (χ2n) is 3.70. The molecule has 2 N–H and O–H groups in total. The molecular formula is C10H15NO4S2. The Kier molecular flexibility index (Phi) is 4.67. The molecule has 0 aromatic carbocycles. The van der Waals surface area contributed by atoms with Crippen molar-refractivity contribution in [2.24, 2.45) is 0 Å². The van der Waals surface area contributed by atoms with Crippen molar-refractivity contribution >= 4 is 27.3 Å². The van der Waals surface area contributed by atoms with Gasteiger partial charge in [0.25, 0.3) is 0 Å². The molecular weight excluding hydrogens is 262 g/mol. The smallest absolute Gasteiger partial charge is 0.303 e. The fourth-order valence-corrected chi connectivity index (χ4v) is 3.82. The van der Waals surface area contributed by atoms with E-state index in [1.165, 1.54) is 11.3 Å². The fraction of sp³-hybridized carbons (Fsp3) is 0.500. The maximum Gasteiger partial charge on any atom is 0.303 e. The lowest BCUT2D eigenvalue weighted by Gasteiger charge is -2.02. The molecule has 1 rings (SSSR count). The number of aryl methyl sites for hydroxylation is 2. The Balaban J connectivity index is 2.60. The molecule has 0 spiro atoms. The Morgan fingerprint density at radius 1 is 1.47 bits per heavy atom. The molecule has 0 saturated carbocycles. The number of nitrogens with one attached hydrogen (secondary N) is 1. The van der Waals surface area contributed by atoms with Gasteiger partial charge in [0.05, 0.1) is 0 Å². The Labute approximate surface area is 105 Å². The molecule has 96 valence electrons. The summed E-state index contributed by atoms with van der Waals surface area (Å²) in [5, 5.41) is 8.42. The molecule has 0 aliphatic carbocycles. The fourth-order valence-electron chi connectivity index (χ4n) is 1.19. The molecule has 0 radical (unpaired) electrons. The van der Waals surface area contributed by atoms with Crippen LogP contribution in [0.15, 0.2) is 10.3 Å². The van der Waals surface area contributed by atoms with E-state index in [1.54, 1.807) is 6.07 Å². The van der Waals surface area contributed by atoms with Crippen molar-refractivity contribution < 1.29 is 18.3 Å². The number of carbonyl (C=O) groups is 1. The van der Waals surface area contributed by atoms with Crippen molar-refractivity contribution in [1.29, 1.82) is 0 Å². The number of carboxylic acids is 1. The van der Waals surface area contributed by atoms with Gasteiger partial charge in [0.2, 0.25) is 10.0 Å². The Hall–Kier alpha value is -0.920. The monoisotopic (exact) mass is 277 g/mol. The van der Waals surface area contributed by atoms with Crippen LogP contribution in [-0.2, 0) is 14.8 Å². The third-order valence-electron chi connectivity index (χ3n) is 2.27. The predicted octanol–water partition coefficient (Wildman–Crippen LogP) is 1.51. The Bertz CT molecular complexity index is 485. The summed E-state index contributed by atoms with van der Waals surface area (Å²) in [6.07, 6.45) is 0.253. The number of aliphatic carboxylic acids is 1. The average molecular weight is 277 g/mol. The van der Waals surface area contributed by atoms with Crippen molar-refractivity contribution in [3.63, 3.8) is 0 Å². The molecule has 1 heterocycles. The third kappa shape index (κ3) is 4.10. The summed E-state index contributed by atoms with van der Waals surface area (Å²) in [6.45, 7) is 3.86. The molecule has 0 unspecified atom stereocenters. The first-order chi connectivity index (χ1) is 7.83. The lowest BCUT2D eigenvalue weighted by atomic mass is 10.3. The maximum absolute atomic E-state index is 11.8. The van der Waals surface area contributed by atoms with Gasteiger partial charge < -0.3 is 5.11 Å². The normalized spacial score (nSPS) is 11.6. The van der Waals surface area contributed by atoms with Gasteiger partial charge in [-0.25, -0.2) is 13.1 Å². The predicted molar refractivity (Wildman–Crippen MR) is 65.9 cm³/mol. The molecule has 0 amide bonds. The molecule has 7 heteroatoms. The first-order valence-corrected chi connectivity index (χ1v) is 7.41. The number of carboxylic acid groups (broad SMARTS) is 1. The van der Waals surface area contributed by atoms with E-state index in [9.17, 15) is 13.2 Å². The van der Waals surface area contributed by atoms with Gasteiger partial charge in [-0.1, -0.05) is 0 Å². The van der Waals surface area contributed by atoms with Gasteiger partial charge >= 0.3 is 5.97 Å². The zero-order chi connectivity index (χ0) is 13.1. The highest BCUT2D eigenvalue weighted by Gasteiger charge is 2.17. The molecule has 17 heavy (non-hydrogen) atoms. The second-order valence-corrected chi connectivity index (χ2v) is 6.95. The highest BCUT2D eigenvalue weighted by molar-refractivity contribution is 7.91. The van der Waals surface area contributed by atoms with Gasteiger partial charge in [0.1, 0.15) is 4.21 Å². The Morgan fingerprint density at radius 3 is 2.59 bits per heavy atom. The first kappa shape index (κ1) is 14.1. The number of hydrogen-bond donors (Lipinski definition) is 2. The molecule has 0 atom stereocenters. The maximum atomic E-state index is 11.8. The van der Waals surface area contributed by atoms with E-state index in [-0.39, 0.29) is 23.6 Å². The van der Waals surface area contributed by atoms with Crippen LogP contribution in [0.25, 0.3) is 0 Å². The summed E-state index contributed by atoms with van der Waals surface area (Å²) >= 11 is 1.22. The lowest BCUT2D eigenvalue weighted by molar-refractivity contribution is -0.137. The Morgan fingerprint density at radius 2 is 2.12 bits per heavy atom. The number of rotatable bonds is 6.